The quantitative estimate of drug-likeness (QED) is 0.579. The zero-order valence-corrected chi connectivity index (χ0v) is 11.0. The molecule has 2 amide bonds. The lowest BCUT2D eigenvalue weighted by molar-refractivity contribution is -0.126. The average molecular weight is 244 g/mol. The molecule has 0 saturated carbocycles. The molecule has 0 radical (unpaired) electrons. The largest absolute Gasteiger partial charge is 0.396 e. The second-order valence-electron chi connectivity index (χ2n) is 4.46. The Bertz CT molecular complexity index is 242. The summed E-state index contributed by atoms with van der Waals surface area (Å²) in [6.07, 6.45) is 1.75. The van der Waals surface area contributed by atoms with E-state index in [0.717, 1.165) is 6.42 Å². The van der Waals surface area contributed by atoms with Crippen molar-refractivity contribution in [2.75, 3.05) is 13.2 Å². The molecule has 0 bridgehead atoms. The summed E-state index contributed by atoms with van der Waals surface area (Å²) in [4.78, 5) is 22.7. The van der Waals surface area contributed by atoms with Gasteiger partial charge < -0.3 is 15.7 Å². The smallest absolute Gasteiger partial charge is 0.239 e. The van der Waals surface area contributed by atoms with Gasteiger partial charge in [-0.25, -0.2) is 0 Å². The highest BCUT2D eigenvalue weighted by Gasteiger charge is 2.15. The Hall–Kier alpha value is -1.10. The predicted octanol–water partition coefficient (Wildman–Crippen LogP) is 0.426. The van der Waals surface area contributed by atoms with Crippen LogP contribution in [-0.4, -0.2) is 36.1 Å². The van der Waals surface area contributed by atoms with E-state index in [-0.39, 0.29) is 36.9 Å². The zero-order chi connectivity index (χ0) is 13.3. The van der Waals surface area contributed by atoms with E-state index in [0.29, 0.717) is 12.8 Å². The van der Waals surface area contributed by atoms with Gasteiger partial charge in [0.15, 0.2) is 0 Å². The van der Waals surface area contributed by atoms with Crippen molar-refractivity contribution in [2.24, 2.45) is 5.92 Å². The number of hydrogen-bond acceptors (Lipinski definition) is 3. The van der Waals surface area contributed by atoms with E-state index in [9.17, 15) is 9.59 Å². The molecule has 0 spiro atoms. The summed E-state index contributed by atoms with van der Waals surface area (Å²) >= 11 is 0. The van der Waals surface area contributed by atoms with Gasteiger partial charge in [-0.3, -0.25) is 9.59 Å². The number of hydrogen-bond donors (Lipinski definition) is 3. The van der Waals surface area contributed by atoms with Gasteiger partial charge in [0.25, 0.3) is 0 Å². The fourth-order valence-corrected chi connectivity index (χ4v) is 1.46. The minimum Gasteiger partial charge on any atom is -0.396 e. The van der Waals surface area contributed by atoms with Crippen molar-refractivity contribution in [2.45, 2.75) is 46.1 Å². The summed E-state index contributed by atoms with van der Waals surface area (Å²) in [6.45, 7) is 5.93. The Morgan fingerprint density at radius 2 is 1.88 bits per heavy atom. The molecule has 3 N–H and O–H groups in total. The maximum atomic E-state index is 11.5. The highest BCUT2D eigenvalue weighted by atomic mass is 16.3. The molecule has 1 unspecified atom stereocenters. The van der Waals surface area contributed by atoms with Crippen molar-refractivity contribution in [3.63, 3.8) is 0 Å². The van der Waals surface area contributed by atoms with Crippen molar-refractivity contribution in [3.05, 3.63) is 0 Å². The molecule has 5 nitrogen and oxygen atoms in total. The maximum absolute atomic E-state index is 11.5. The molecule has 0 fully saturated rings. The highest BCUT2D eigenvalue weighted by molar-refractivity contribution is 5.84. The minimum atomic E-state index is -0.207. The Kier molecular flexibility index (Phi) is 8.40. The van der Waals surface area contributed by atoms with Gasteiger partial charge in [0.05, 0.1) is 6.54 Å². The second kappa shape index (κ2) is 8.98. The van der Waals surface area contributed by atoms with E-state index in [4.69, 9.17) is 5.11 Å². The molecule has 5 heteroatoms. The van der Waals surface area contributed by atoms with Crippen LogP contribution >= 0.6 is 0 Å². The molecular formula is C12H24N2O3. The molecule has 0 aromatic carbocycles. The van der Waals surface area contributed by atoms with E-state index in [1.807, 2.05) is 20.8 Å². The number of carbonyl (C=O) groups is 2. The van der Waals surface area contributed by atoms with Crippen LogP contribution < -0.4 is 10.6 Å². The fourth-order valence-electron chi connectivity index (χ4n) is 1.46. The zero-order valence-electron chi connectivity index (χ0n) is 11.0. The van der Waals surface area contributed by atoms with Crippen LogP contribution in [0.15, 0.2) is 0 Å². The topological polar surface area (TPSA) is 78.4 Å². The van der Waals surface area contributed by atoms with E-state index >= 15 is 0 Å². The van der Waals surface area contributed by atoms with Crippen LogP contribution in [0.25, 0.3) is 0 Å². The third kappa shape index (κ3) is 7.74. The van der Waals surface area contributed by atoms with Crippen molar-refractivity contribution < 1.29 is 14.7 Å². The van der Waals surface area contributed by atoms with Crippen molar-refractivity contribution in [1.29, 1.82) is 0 Å². The van der Waals surface area contributed by atoms with Gasteiger partial charge in [0.2, 0.25) is 11.8 Å². The van der Waals surface area contributed by atoms with E-state index in [2.05, 4.69) is 10.6 Å². The van der Waals surface area contributed by atoms with Gasteiger partial charge in [-0.15, -0.1) is 0 Å². The van der Waals surface area contributed by atoms with Gasteiger partial charge in [-0.1, -0.05) is 20.8 Å². The van der Waals surface area contributed by atoms with Crippen LogP contribution in [0.5, 0.6) is 0 Å². The lowest BCUT2D eigenvalue weighted by Gasteiger charge is -2.21. The first-order chi connectivity index (χ1) is 8.01. The molecule has 0 aliphatic carbocycles. The number of aliphatic hydroxyl groups is 1. The Labute approximate surface area is 103 Å². The molecule has 0 aromatic heterocycles. The fraction of sp³-hybridized carbons (Fsp3) is 0.833. The van der Waals surface area contributed by atoms with Crippen molar-refractivity contribution in [1.82, 2.24) is 10.6 Å². The first-order valence-corrected chi connectivity index (χ1v) is 6.18. The Morgan fingerprint density at radius 1 is 1.24 bits per heavy atom. The average Bonchev–Trinajstić information content (AvgIpc) is 2.26. The first kappa shape index (κ1) is 15.9. The van der Waals surface area contributed by atoms with Crippen LogP contribution in [0, 0.1) is 5.92 Å². The van der Waals surface area contributed by atoms with Crippen LogP contribution in [0.3, 0.4) is 0 Å². The van der Waals surface area contributed by atoms with Crippen molar-refractivity contribution >= 4 is 11.8 Å². The van der Waals surface area contributed by atoms with Crippen LogP contribution in [0.1, 0.15) is 40.0 Å². The summed E-state index contributed by atoms with van der Waals surface area (Å²) in [5.74, 6) is -0.0510. The molecule has 1 atom stereocenters. The van der Waals surface area contributed by atoms with Gasteiger partial charge in [-0.2, -0.15) is 0 Å². The van der Waals surface area contributed by atoms with E-state index in [1.165, 1.54) is 0 Å². The number of carbonyl (C=O) groups excluding carboxylic acids is 2. The Balaban J connectivity index is 3.93. The predicted molar refractivity (Wildman–Crippen MR) is 66.4 cm³/mol. The standard InChI is InChI=1S/C12H24N2O3/c1-4-5-11(16)13-8-12(17)14-10(6-7-15)9(2)3/h9-10,15H,4-8H2,1-3H3,(H,13,16)(H,14,17). The molecule has 100 valence electrons. The first-order valence-electron chi connectivity index (χ1n) is 6.18. The molecule has 0 saturated heterocycles. The minimum absolute atomic E-state index is 0.00742. The van der Waals surface area contributed by atoms with E-state index in [1.54, 1.807) is 0 Å². The van der Waals surface area contributed by atoms with Crippen LogP contribution in [-0.2, 0) is 9.59 Å². The molecular weight excluding hydrogens is 220 g/mol. The summed E-state index contributed by atoms with van der Waals surface area (Å²) in [7, 11) is 0. The molecule has 0 aliphatic rings. The number of aliphatic hydroxyl groups excluding tert-OH is 1. The lowest BCUT2D eigenvalue weighted by Crippen LogP contribution is -2.44. The highest BCUT2D eigenvalue weighted by Crippen LogP contribution is 2.04. The molecule has 0 rings (SSSR count). The SMILES string of the molecule is CCCC(=O)NCC(=O)NC(CCO)C(C)C. The number of nitrogens with one attached hydrogen (secondary N) is 2. The summed E-state index contributed by atoms with van der Waals surface area (Å²) < 4.78 is 0. The summed E-state index contributed by atoms with van der Waals surface area (Å²) in [6, 6.07) is -0.0458. The van der Waals surface area contributed by atoms with Gasteiger partial charge in [0, 0.05) is 19.1 Å². The third-order valence-corrected chi connectivity index (χ3v) is 2.51. The lowest BCUT2D eigenvalue weighted by atomic mass is 10.0. The van der Waals surface area contributed by atoms with Crippen LogP contribution in [0.4, 0.5) is 0 Å². The van der Waals surface area contributed by atoms with Gasteiger partial charge >= 0.3 is 0 Å². The molecule has 17 heavy (non-hydrogen) atoms. The molecule has 0 heterocycles. The third-order valence-electron chi connectivity index (χ3n) is 2.51. The van der Waals surface area contributed by atoms with Crippen molar-refractivity contribution in [3.8, 4) is 0 Å². The molecule has 0 aliphatic heterocycles. The van der Waals surface area contributed by atoms with Gasteiger partial charge in [0.1, 0.15) is 0 Å². The number of amides is 2. The maximum Gasteiger partial charge on any atom is 0.239 e. The monoisotopic (exact) mass is 244 g/mol. The van der Waals surface area contributed by atoms with Gasteiger partial charge in [-0.05, 0) is 18.8 Å². The Morgan fingerprint density at radius 3 is 2.35 bits per heavy atom. The second-order valence-corrected chi connectivity index (χ2v) is 4.46. The summed E-state index contributed by atoms with van der Waals surface area (Å²) in [5.41, 5.74) is 0. The number of rotatable bonds is 8. The normalized spacial score (nSPS) is 12.3. The molecule has 0 aromatic rings. The van der Waals surface area contributed by atoms with Crippen LogP contribution in [0.2, 0.25) is 0 Å². The van der Waals surface area contributed by atoms with E-state index < -0.39 is 0 Å². The summed E-state index contributed by atoms with van der Waals surface area (Å²) in [5, 5.41) is 14.2.